The Bertz CT molecular complexity index is 1340. The standard InChI is InChI=1S/C23H19N3O4S/c1-14-20-22(31-21(14)15-5-3-2-4-6-15)24-13-26(23(20)28)12-19(27)25-16-7-8-17-18(11-16)30-10-9-29-17/h2-8,11,13H,9-10,12H2,1H3,(H,25,27). The van der Waals surface area contributed by atoms with Gasteiger partial charge in [-0.25, -0.2) is 4.98 Å². The first-order valence-corrected chi connectivity index (χ1v) is 10.7. The van der Waals surface area contributed by atoms with Crippen LogP contribution in [0.5, 0.6) is 11.5 Å². The number of ether oxygens (including phenoxy) is 2. The summed E-state index contributed by atoms with van der Waals surface area (Å²) in [7, 11) is 0. The molecule has 7 nitrogen and oxygen atoms in total. The molecule has 0 spiro atoms. The Hall–Kier alpha value is -3.65. The molecular weight excluding hydrogens is 414 g/mol. The van der Waals surface area contributed by atoms with Gasteiger partial charge in [0.2, 0.25) is 5.91 Å². The van der Waals surface area contributed by atoms with E-state index >= 15 is 0 Å². The summed E-state index contributed by atoms with van der Waals surface area (Å²) in [6.45, 7) is 2.76. The Morgan fingerprint density at radius 1 is 1.13 bits per heavy atom. The largest absolute Gasteiger partial charge is 0.486 e. The number of rotatable bonds is 4. The summed E-state index contributed by atoms with van der Waals surface area (Å²) >= 11 is 1.48. The van der Waals surface area contributed by atoms with E-state index in [9.17, 15) is 9.59 Å². The number of hydrogen-bond donors (Lipinski definition) is 1. The van der Waals surface area contributed by atoms with Crippen molar-refractivity contribution < 1.29 is 14.3 Å². The van der Waals surface area contributed by atoms with E-state index in [-0.39, 0.29) is 18.0 Å². The molecule has 3 heterocycles. The number of aryl methyl sites for hydroxylation is 1. The molecule has 2 aromatic heterocycles. The number of fused-ring (bicyclic) bond motifs is 2. The van der Waals surface area contributed by atoms with E-state index in [1.807, 2.05) is 37.3 Å². The second kappa shape index (κ2) is 7.88. The van der Waals surface area contributed by atoms with Crippen molar-refractivity contribution in [3.8, 4) is 21.9 Å². The molecular formula is C23H19N3O4S. The van der Waals surface area contributed by atoms with Gasteiger partial charge in [0.1, 0.15) is 24.6 Å². The lowest BCUT2D eigenvalue weighted by Crippen LogP contribution is -2.28. The topological polar surface area (TPSA) is 82.5 Å². The highest BCUT2D eigenvalue weighted by Crippen LogP contribution is 2.35. The summed E-state index contributed by atoms with van der Waals surface area (Å²) in [5, 5.41) is 3.36. The number of nitrogens with one attached hydrogen (secondary N) is 1. The van der Waals surface area contributed by atoms with E-state index < -0.39 is 0 Å². The molecule has 0 radical (unpaired) electrons. The van der Waals surface area contributed by atoms with Crippen LogP contribution in [0.15, 0.2) is 59.7 Å². The van der Waals surface area contributed by atoms with Crippen LogP contribution in [-0.2, 0) is 11.3 Å². The Morgan fingerprint density at radius 2 is 1.90 bits per heavy atom. The second-order valence-corrected chi connectivity index (χ2v) is 8.19. The maximum atomic E-state index is 13.1. The molecule has 0 unspecified atom stereocenters. The van der Waals surface area contributed by atoms with Crippen LogP contribution in [-0.4, -0.2) is 28.7 Å². The fourth-order valence-corrected chi connectivity index (χ4v) is 4.76. The van der Waals surface area contributed by atoms with Gasteiger partial charge in [-0.3, -0.25) is 14.2 Å². The van der Waals surface area contributed by atoms with Crippen molar-refractivity contribution >= 4 is 33.1 Å². The van der Waals surface area contributed by atoms with Crippen molar-refractivity contribution in [3.05, 3.63) is 70.8 Å². The summed E-state index contributed by atoms with van der Waals surface area (Å²) in [6.07, 6.45) is 1.43. The van der Waals surface area contributed by atoms with E-state index in [2.05, 4.69) is 10.3 Å². The molecule has 1 N–H and O–H groups in total. The third kappa shape index (κ3) is 3.66. The molecule has 0 saturated carbocycles. The minimum absolute atomic E-state index is 0.133. The zero-order valence-corrected chi connectivity index (χ0v) is 17.6. The first-order valence-electron chi connectivity index (χ1n) is 9.83. The average molecular weight is 433 g/mol. The molecule has 1 aliphatic heterocycles. The first kappa shape index (κ1) is 19.3. The van der Waals surface area contributed by atoms with Gasteiger partial charge in [-0.15, -0.1) is 11.3 Å². The van der Waals surface area contributed by atoms with E-state index in [0.717, 1.165) is 16.0 Å². The molecule has 2 aromatic carbocycles. The van der Waals surface area contributed by atoms with E-state index in [1.54, 1.807) is 18.2 Å². The number of carbonyl (C=O) groups is 1. The lowest BCUT2D eigenvalue weighted by molar-refractivity contribution is -0.116. The van der Waals surface area contributed by atoms with Crippen LogP contribution >= 0.6 is 11.3 Å². The molecule has 31 heavy (non-hydrogen) atoms. The summed E-state index contributed by atoms with van der Waals surface area (Å²) < 4.78 is 12.4. The number of nitrogens with zero attached hydrogens (tertiary/aromatic N) is 2. The van der Waals surface area contributed by atoms with Gasteiger partial charge in [0.05, 0.1) is 11.7 Å². The number of aromatic nitrogens is 2. The smallest absolute Gasteiger partial charge is 0.262 e. The van der Waals surface area contributed by atoms with Crippen LogP contribution in [0.4, 0.5) is 5.69 Å². The van der Waals surface area contributed by atoms with E-state index in [0.29, 0.717) is 40.6 Å². The van der Waals surface area contributed by atoms with Crippen molar-refractivity contribution in [1.82, 2.24) is 9.55 Å². The van der Waals surface area contributed by atoms with Crippen LogP contribution in [0.1, 0.15) is 5.56 Å². The predicted octanol–water partition coefficient (Wildman–Crippen LogP) is 3.84. The normalized spacial score (nSPS) is 12.7. The highest BCUT2D eigenvalue weighted by Gasteiger charge is 2.17. The zero-order valence-electron chi connectivity index (χ0n) is 16.8. The summed E-state index contributed by atoms with van der Waals surface area (Å²) in [4.78, 5) is 31.8. The molecule has 5 rings (SSSR count). The van der Waals surface area contributed by atoms with Crippen LogP contribution in [0.3, 0.4) is 0 Å². The molecule has 0 aliphatic carbocycles. The number of thiophene rings is 1. The average Bonchev–Trinajstić information content (AvgIpc) is 3.13. The molecule has 8 heteroatoms. The molecule has 4 aromatic rings. The van der Waals surface area contributed by atoms with E-state index in [1.165, 1.54) is 22.2 Å². The van der Waals surface area contributed by atoms with Crippen molar-refractivity contribution in [2.45, 2.75) is 13.5 Å². The number of hydrogen-bond acceptors (Lipinski definition) is 6. The summed E-state index contributed by atoms with van der Waals surface area (Å²) in [6, 6.07) is 15.1. The molecule has 156 valence electrons. The SMILES string of the molecule is Cc1c(-c2ccccc2)sc2ncn(CC(=O)Nc3ccc4c(c3)OCCO4)c(=O)c12. The molecule has 1 aliphatic rings. The summed E-state index contributed by atoms with van der Waals surface area (Å²) in [5.41, 5.74) is 2.28. The fourth-order valence-electron chi connectivity index (χ4n) is 3.61. The summed E-state index contributed by atoms with van der Waals surface area (Å²) in [5.74, 6) is 0.917. The molecule has 0 saturated heterocycles. The minimum atomic E-state index is -0.323. The third-order valence-electron chi connectivity index (χ3n) is 5.09. The van der Waals surface area contributed by atoms with Gasteiger partial charge in [0.15, 0.2) is 11.5 Å². The Labute approximate surface area is 181 Å². The number of carbonyl (C=O) groups excluding carboxylic acids is 1. The predicted molar refractivity (Wildman–Crippen MR) is 120 cm³/mol. The Balaban J connectivity index is 1.40. The number of amides is 1. The highest BCUT2D eigenvalue weighted by molar-refractivity contribution is 7.22. The molecule has 0 atom stereocenters. The van der Waals surface area contributed by atoms with Gasteiger partial charge in [-0.2, -0.15) is 0 Å². The van der Waals surface area contributed by atoms with Crippen LogP contribution in [0.25, 0.3) is 20.7 Å². The van der Waals surface area contributed by atoms with Gasteiger partial charge in [0.25, 0.3) is 5.56 Å². The fraction of sp³-hybridized carbons (Fsp3) is 0.174. The van der Waals surface area contributed by atoms with Crippen molar-refractivity contribution in [1.29, 1.82) is 0 Å². The second-order valence-electron chi connectivity index (χ2n) is 7.19. The van der Waals surface area contributed by atoms with Crippen LogP contribution in [0, 0.1) is 6.92 Å². The van der Waals surface area contributed by atoms with Gasteiger partial charge >= 0.3 is 0 Å². The van der Waals surface area contributed by atoms with Gasteiger partial charge in [0, 0.05) is 16.6 Å². The maximum absolute atomic E-state index is 13.1. The van der Waals surface area contributed by atoms with E-state index in [4.69, 9.17) is 9.47 Å². The lowest BCUT2D eigenvalue weighted by atomic mass is 10.1. The highest BCUT2D eigenvalue weighted by atomic mass is 32.1. The van der Waals surface area contributed by atoms with Gasteiger partial charge in [-0.05, 0) is 30.2 Å². The molecule has 0 bridgehead atoms. The van der Waals surface area contributed by atoms with Crippen molar-refractivity contribution in [2.75, 3.05) is 18.5 Å². The quantitative estimate of drug-likeness (QED) is 0.529. The Morgan fingerprint density at radius 3 is 2.71 bits per heavy atom. The molecule has 0 fully saturated rings. The van der Waals surface area contributed by atoms with Crippen LogP contribution in [0.2, 0.25) is 0 Å². The monoisotopic (exact) mass is 433 g/mol. The first-order chi connectivity index (χ1) is 15.1. The maximum Gasteiger partial charge on any atom is 0.262 e. The van der Waals surface area contributed by atoms with Crippen LogP contribution < -0.4 is 20.3 Å². The van der Waals surface area contributed by atoms with Gasteiger partial charge < -0.3 is 14.8 Å². The van der Waals surface area contributed by atoms with Crippen molar-refractivity contribution in [2.24, 2.45) is 0 Å². The number of anilines is 1. The van der Waals surface area contributed by atoms with Crippen molar-refractivity contribution in [3.63, 3.8) is 0 Å². The third-order valence-corrected chi connectivity index (χ3v) is 6.34. The Kier molecular flexibility index (Phi) is 4.91. The minimum Gasteiger partial charge on any atom is -0.486 e. The number of benzene rings is 2. The van der Waals surface area contributed by atoms with Gasteiger partial charge in [-0.1, -0.05) is 30.3 Å². The lowest BCUT2D eigenvalue weighted by Gasteiger charge is -2.19. The molecule has 1 amide bonds. The zero-order chi connectivity index (χ0) is 21.4.